The quantitative estimate of drug-likeness (QED) is 0.394. The van der Waals surface area contributed by atoms with Crippen LogP contribution in [0.25, 0.3) is 0 Å². The van der Waals surface area contributed by atoms with E-state index < -0.39 is 44.0 Å². The maximum atomic E-state index is 12.3. The minimum absolute atomic E-state index is 0.0576. The van der Waals surface area contributed by atoms with Crippen molar-refractivity contribution < 1.29 is 37.6 Å². The van der Waals surface area contributed by atoms with E-state index in [9.17, 15) is 4.79 Å². The van der Waals surface area contributed by atoms with E-state index in [4.69, 9.17) is 32.8 Å². The predicted octanol–water partition coefficient (Wildman–Crippen LogP) is 4.41. The van der Waals surface area contributed by atoms with Gasteiger partial charge in [-0.25, -0.2) is 0 Å². The zero-order valence-corrected chi connectivity index (χ0v) is 22.3. The summed E-state index contributed by atoms with van der Waals surface area (Å²) in [6.07, 6.45) is 8.60. The molecule has 0 N–H and O–H groups in total. The van der Waals surface area contributed by atoms with E-state index in [1.165, 1.54) is 12.8 Å². The summed E-state index contributed by atoms with van der Waals surface area (Å²) >= 11 is 0. The van der Waals surface area contributed by atoms with Crippen molar-refractivity contribution in [2.75, 3.05) is 13.2 Å². The van der Waals surface area contributed by atoms with Gasteiger partial charge in [-0.2, -0.15) is 0 Å². The van der Waals surface area contributed by atoms with Gasteiger partial charge in [0.1, 0.15) is 24.9 Å². The average molecular weight is 499 g/mol. The molecule has 8 nitrogen and oxygen atoms in total. The molecule has 3 heterocycles. The summed E-state index contributed by atoms with van der Waals surface area (Å²) in [4.78, 5) is 12.3. The van der Waals surface area contributed by atoms with Gasteiger partial charge in [-0.05, 0) is 45.3 Å². The second-order valence-electron chi connectivity index (χ2n) is 11.7. The van der Waals surface area contributed by atoms with Crippen molar-refractivity contribution in [2.24, 2.45) is 0 Å². The van der Waals surface area contributed by atoms with Crippen molar-refractivity contribution in [3.63, 3.8) is 0 Å². The Morgan fingerprint density at radius 1 is 0.882 bits per heavy atom. The van der Waals surface area contributed by atoms with Gasteiger partial charge in [-0.3, -0.25) is 4.79 Å². The Morgan fingerprint density at radius 3 is 2.15 bits per heavy atom. The average Bonchev–Trinajstić information content (AvgIpc) is 3.44. The lowest BCUT2D eigenvalue weighted by Gasteiger charge is -2.44. The molecular formula is C25H42O8Si. The Morgan fingerprint density at radius 2 is 1.53 bits per heavy atom. The Balaban J connectivity index is 1.46. The Hall–Kier alpha value is -0.553. The normalized spacial score (nSPS) is 38.9. The molecule has 0 bridgehead atoms. The fourth-order valence-corrected chi connectivity index (χ4v) is 7.85. The van der Waals surface area contributed by atoms with Crippen molar-refractivity contribution in [3.8, 4) is 0 Å². The topological polar surface area (TPSA) is 81.7 Å². The van der Waals surface area contributed by atoms with E-state index in [2.05, 4.69) is 19.6 Å². The number of carbonyl (C=O) groups excluding carboxylic acids is 1. The summed E-state index contributed by atoms with van der Waals surface area (Å²) in [5.41, 5.74) is -1.00. The third-order valence-electron chi connectivity index (χ3n) is 7.85. The minimum Gasteiger partial charge on any atom is -0.462 e. The van der Waals surface area contributed by atoms with E-state index in [0.29, 0.717) is 13.0 Å². The van der Waals surface area contributed by atoms with Gasteiger partial charge in [0.25, 0.3) is 0 Å². The Bertz CT molecular complexity index is 742. The number of carbonyl (C=O) groups is 1. The highest BCUT2D eigenvalue weighted by Crippen LogP contribution is 2.53. The van der Waals surface area contributed by atoms with Crippen LogP contribution in [0.3, 0.4) is 0 Å². The molecule has 3 saturated heterocycles. The summed E-state index contributed by atoms with van der Waals surface area (Å²) < 4.78 is 45.4. The van der Waals surface area contributed by atoms with E-state index in [0.717, 1.165) is 51.4 Å². The second kappa shape index (κ2) is 9.39. The molecule has 0 unspecified atom stereocenters. The second-order valence-corrected chi connectivity index (χ2v) is 16.1. The van der Waals surface area contributed by atoms with Gasteiger partial charge in [0.05, 0.1) is 6.61 Å². The van der Waals surface area contributed by atoms with Crippen molar-refractivity contribution in [3.05, 3.63) is 0 Å². The number of ether oxygens (including phenoxy) is 6. The van der Waals surface area contributed by atoms with Crippen LogP contribution in [0.4, 0.5) is 0 Å². The van der Waals surface area contributed by atoms with Crippen LogP contribution in [0, 0.1) is 0 Å². The minimum atomic E-state index is -2.14. The molecule has 5 fully saturated rings. The molecule has 5 aliphatic rings. The number of rotatable bonds is 6. The zero-order chi connectivity index (χ0) is 24.0. The maximum Gasteiger partial charge on any atom is 0.305 e. The molecule has 2 spiro atoms. The Kier molecular flexibility index (Phi) is 6.94. The predicted molar refractivity (Wildman–Crippen MR) is 125 cm³/mol. The van der Waals surface area contributed by atoms with Gasteiger partial charge < -0.3 is 32.8 Å². The van der Waals surface area contributed by atoms with Crippen LogP contribution in [0.2, 0.25) is 19.6 Å². The Labute approximate surface area is 204 Å². The first-order chi connectivity index (χ1) is 16.2. The lowest BCUT2D eigenvalue weighted by Crippen LogP contribution is -2.62. The molecule has 5 rings (SSSR count). The molecule has 0 aromatic rings. The van der Waals surface area contributed by atoms with Gasteiger partial charge in [0, 0.05) is 32.1 Å². The molecule has 0 amide bonds. The van der Waals surface area contributed by atoms with Crippen LogP contribution < -0.4 is 0 Å². The summed E-state index contributed by atoms with van der Waals surface area (Å²) in [7, 11) is -2.14. The summed E-state index contributed by atoms with van der Waals surface area (Å²) in [6.45, 7) is 8.70. The zero-order valence-electron chi connectivity index (χ0n) is 21.3. The van der Waals surface area contributed by atoms with Crippen molar-refractivity contribution in [1.82, 2.24) is 0 Å². The molecule has 0 aromatic heterocycles. The summed E-state index contributed by atoms with van der Waals surface area (Å²) in [6, 6.07) is 0. The standard InChI is InChI=1S/C25H42O8Si/c1-5-19(26)27-17-25(33-34(2,3)4)20(18-16-28-23(30-18)12-8-6-9-13-23)29-22-21(25)31-24(32-22)14-10-7-11-15-24/h18,20-22H,5-17H2,1-4H3/t18-,20-,21+,22-,25+/m1/s1. The molecule has 5 atom stereocenters. The molecule has 2 saturated carbocycles. The van der Waals surface area contributed by atoms with Crippen molar-refractivity contribution >= 4 is 14.3 Å². The molecule has 34 heavy (non-hydrogen) atoms. The fourth-order valence-electron chi connectivity index (χ4n) is 6.42. The number of fused-ring (bicyclic) bond motifs is 1. The smallest absolute Gasteiger partial charge is 0.305 e. The van der Waals surface area contributed by atoms with Crippen LogP contribution in [-0.4, -0.2) is 69.3 Å². The summed E-state index contributed by atoms with van der Waals surface area (Å²) in [5.74, 6) is -1.44. The molecular weight excluding hydrogens is 456 g/mol. The van der Waals surface area contributed by atoms with Gasteiger partial charge in [-0.1, -0.05) is 19.8 Å². The van der Waals surface area contributed by atoms with Crippen LogP contribution in [0.15, 0.2) is 0 Å². The van der Waals surface area contributed by atoms with Crippen LogP contribution in [-0.2, 0) is 37.6 Å². The number of esters is 1. The van der Waals surface area contributed by atoms with Crippen LogP contribution >= 0.6 is 0 Å². The molecule has 0 aromatic carbocycles. The van der Waals surface area contributed by atoms with Gasteiger partial charge in [0.15, 0.2) is 31.8 Å². The van der Waals surface area contributed by atoms with Gasteiger partial charge >= 0.3 is 5.97 Å². The third-order valence-corrected chi connectivity index (χ3v) is 8.85. The SMILES string of the molecule is CCC(=O)OC[C@]1(O[Si](C)(C)C)[C@@H]([C@H]2COC3(CCCCC3)O2)O[C@@H]2OC3(CCCCC3)O[C@@H]21. The largest absolute Gasteiger partial charge is 0.462 e. The van der Waals surface area contributed by atoms with Gasteiger partial charge in [-0.15, -0.1) is 0 Å². The molecule has 0 radical (unpaired) electrons. The highest BCUT2D eigenvalue weighted by molar-refractivity contribution is 6.69. The lowest BCUT2D eigenvalue weighted by molar-refractivity contribution is -0.274. The fraction of sp³-hybridized carbons (Fsp3) is 0.960. The van der Waals surface area contributed by atoms with Crippen LogP contribution in [0.1, 0.15) is 77.6 Å². The van der Waals surface area contributed by atoms with Crippen molar-refractivity contribution in [2.45, 2.75) is 139 Å². The van der Waals surface area contributed by atoms with Gasteiger partial charge in [0.2, 0.25) is 0 Å². The summed E-state index contributed by atoms with van der Waals surface area (Å²) in [5, 5.41) is 0. The first kappa shape index (κ1) is 25.1. The highest BCUT2D eigenvalue weighted by Gasteiger charge is 2.70. The van der Waals surface area contributed by atoms with E-state index >= 15 is 0 Å². The van der Waals surface area contributed by atoms with E-state index in [1.807, 2.05) is 0 Å². The molecule has 3 aliphatic heterocycles. The van der Waals surface area contributed by atoms with E-state index in [-0.39, 0.29) is 18.7 Å². The highest BCUT2D eigenvalue weighted by atomic mass is 28.4. The molecule has 9 heteroatoms. The van der Waals surface area contributed by atoms with E-state index in [1.54, 1.807) is 6.92 Å². The molecule has 2 aliphatic carbocycles. The number of hydrogen-bond donors (Lipinski definition) is 0. The third kappa shape index (κ3) is 4.74. The lowest BCUT2D eigenvalue weighted by atomic mass is 9.89. The first-order valence-electron chi connectivity index (χ1n) is 13.4. The maximum absolute atomic E-state index is 12.3. The molecule has 194 valence electrons. The monoisotopic (exact) mass is 498 g/mol. The van der Waals surface area contributed by atoms with Crippen molar-refractivity contribution in [1.29, 1.82) is 0 Å². The van der Waals surface area contributed by atoms with Crippen LogP contribution in [0.5, 0.6) is 0 Å². The first-order valence-corrected chi connectivity index (χ1v) is 16.8. The number of hydrogen-bond acceptors (Lipinski definition) is 8.